The zero-order valence-electron chi connectivity index (χ0n) is 15.0. The summed E-state index contributed by atoms with van der Waals surface area (Å²) in [5, 5.41) is 11.0. The van der Waals surface area contributed by atoms with Crippen LogP contribution in [0.5, 0.6) is 0 Å². The lowest BCUT2D eigenvalue weighted by Gasteiger charge is -2.31. The predicted molar refractivity (Wildman–Crippen MR) is 95.2 cm³/mol. The van der Waals surface area contributed by atoms with Gasteiger partial charge in [-0.2, -0.15) is 5.26 Å². The Bertz CT molecular complexity index is 700. The molecule has 0 aliphatic carbocycles. The predicted octanol–water partition coefficient (Wildman–Crippen LogP) is 2.34. The molecular weight excluding hydrogens is 334 g/mol. The number of likely N-dealkylation sites (tertiary alicyclic amines) is 1. The molecule has 0 unspecified atom stereocenters. The molecule has 7 heteroatoms. The fourth-order valence-corrected chi connectivity index (χ4v) is 2.73. The molecular formula is C19H23N3O4. The first-order valence-corrected chi connectivity index (χ1v) is 8.67. The Labute approximate surface area is 152 Å². The maximum Gasteiger partial charge on any atom is 0.338 e. The molecule has 26 heavy (non-hydrogen) atoms. The van der Waals surface area contributed by atoms with Crippen LogP contribution in [-0.2, 0) is 14.3 Å². The van der Waals surface area contributed by atoms with Gasteiger partial charge in [-0.1, -0.05) is 6.92 Å². The molecule has 0 aromatic heterocycles. The maximum absolute atomic E-state index is 12.4. The van der Waals surface area contributed by atoms with Crippen LogP contribution in [0.1, 0.15) is 43.5 Å². The summed E-state index contributed by atoms with van der Waals surface area (Å²) in [6, 6.07) is 7.86. The maximum atomic E-state index is 12.4. The van der Waals surface area contributed by atoms with Gasteiger partial charge in [-0.15, -0.1) is 0 Å². The molecule has 1 heterocycles. The number of benzene rings is 1. The van der Waals surface area contributed by atoms with Crippen molar-refractivity contribution in [3.8, 4) is 6.07 Å². The summed E-state index contributed by atoms with van der Waals surface area (Å²) in [4.78, 5) is 37.7. The van der Waals surface area contributed by atoms with E-state index in [1.54, 1.807) is 30.0 Å². The molecule has 1 aliphatic heterocycles. The molecule has 0 spiro atoms. The lowest BCUT2D eigenvalue weighted by Crippen LogP contribution is -2.44. The Morgan fingerprint density at radius 2 is 1.88 bits per heavy atom. The van der Waals surface area contributed by atoms with Gasteiger partial charge in [-0.25, -0.2) is 4.79 Å². The molecule has 1 fully saturated rings. The summed E-state index contributed by atoms with van der Waals surface area (Å²) in [6.07, 6.45) is 0.848. The van der Waals surface area contributed by atoms with Crippen molar-refractivity contribution in [3.63, 3.8) is 0 Å². The van der Waals surface area contributed by atoms with E-state index in [1.807, 2.05) is 0 Å². The molecule has 2 amide bonds. The average Bonchev–Trinajstić information content (AvgIpc) is 2.62. The number of ether oxygens (including phenoxy) is 1. The Morgan fingerprint density at radius 3 is 2.46 bits per heavy atom. The molecule has 1 aromatic carbocycles. The van der Waals surface area contributed by atoms with Crippen LogP contribution in [0, 0.1) is 17.2 Å². The number of hydrogen-bond donors (Lipinski definition) is 1. The minimum atomic E-state index is -0.842. The molecule has 0 radical (unpaired) electrons. The van der Waals surface area contributed by atoms with E-state index in [1.165, 1.54) is 12.1 Å². The number of anilines is 1. The normalized spacial score (nSPS) is 15.7. The number of nitrogens with zero attached hydrogens (tertiary/aromatic N) is 2. The SMILES string of the molecule is CC1CCN(C(=O)[C@H](C)OC(=O)c2ccc(NC(=O)CC#N)cc2)CC1. The number of esters is 1. The minimum absolute atomic E-state index is 0.175. The van der Waals surface area contributed by atoms with E-state index in [2.05, 4.69) is 12.2 Å². The Balaban J connectivity index is 1.89. The first-order valence-electron chi connectivity index (χ1n) is 8.67. The van der Waals surface area contributed by atoms with Gasteiger partial charge < -0.3 is 15.0 Å². The number of rotatable bonds is 5. The number of carbonyl (C=O) groups is 3. The van der Waals surface area contributed by atoms with Crippen molar-refractivity contribution in [3.05, 3.63) is 29.8 Å². The van der Waals surface area contributed by atoms with Crippen LogP contribution in [0.25, 0.3) is 0 Å². The summed E-state index contributed by atoms with van der Waals surface area (Å²) in [7, 11) is 0. The van der Waals surface area contributed by atoms with E-state index in [0.29, 0.717) is 24.7 Å². The first kappa shape index (κ1) is 19.4. The van der Waals surface area contributed by atoms with E-state index in [-0.39, 0.29) is 17.9 Å². The first-order chi connectivity index (χ1) is 12.4. The van der Waals surface area contributed by atoms with E-state index in [0.717, 1.165) is 12.8 Å². The van der Waals surface area contributed by atoms with Crippen molar-refractivity contribution >= 4 is 23.5 Å². The molecule has 1 aromatic rings. The lowest BCUT2D eigenvalue weighted by molar-refractivity contribution is -0.141. The van der Waals surface area contributed by atoms with Gasteiger partial charge in [0.15, 0.2) is 6.10 Å². The van der Waals surface area contributed by atoms with Crippen LogP contribution < -0.4 is 5.32 Å². The standard InChI is InChI=1S/C19H23N3O4/c1-13-8-11-22(12-9-13)18(24)14(2)26-19(25)15-3-5-16(6-4-15)21-17(23)7-10-20/h3-6,13-14H,7-9,11-12H2,1-2H3,(H,21,23)/t14-/m0/s1. The van der Waals surface area contributed by atoms with Crippen molar-refractivity contribution in [2.24, 2.45) is 5.92 Å². The molecule has 0 saturated carbocycles. The Hall–Kier alpha value is -2.88. The van der Waals surface area contributed by atoms with Gasteiger partial charge in [0.1, 0.15) is 6.42 Å². The lowest BCUT2D eigenvalue weighted by atomic mass is 9.99. The highest BCUT2D eigenvalue weighted by Crippen LogP contribution is 2.18. The van der Waals surface area contributed by atoms with Crippen molar-refractivity contribution in [2.45, 2.75) is 39.2 Å². The van der Waals surface area contributed by atoms with Crippen LogP contribution in [0.3, 0.4) is 0 Å². The van der Waals surface area contributed by atoms with Gasteiger partial charge >= 0.3 is 5.97 Å². The molecule has 1 saturated heterocycles. The number of nitrogens with one attached hydrogen (secondary N) is 1. The van der Waals surface area contributed by atoms with Crippen LogP contribution in [-0.4, -0.2) is 41.9 Å². The zero-order valence-corrected chi connectivity index (χ0v) is 15.0. The average molecular weight is 357 g/mol. The molecule has 1 atom stereocenters. The largest absolute Gasteiger partial charge is 0.449 e. The quantitative estimate of drug-likeness (QED) is 0.816. The fourth-order valence-electron chi connectivity index (χ4n) is 2.73. The number of amides is 2. The molecule has 0 bridgehead atoms. The summed E-state index contributed by atoms with van der Waals surface area (Å²) in [5.74, 6) is -0.571. The highest BCUT2D eigenvalue weighted by atomic mass is 16.5. The van der Waals surface area contributed by atoms with Crippen molar-refractivity contribution in [2.75, 3.05) is 18.4 Å². The topological polar surface area (TPSA) is 99.5 Å². The Morgan fingerprint density at radius 1 is 1.27 bits per heavy atom. The fraction of sp³-hybridized carbons (Fsp3) is 0.474. The smallest absolute Gasteiger partial charge is 0.338 e. The summed E-state index contributed by atoms with van der Waals surface area (Å²) in [5.41, 5.74) is 0.767. The highest BCUT2D eigenvalue weighted by Gasteiger charge is 2.27. The van der Waals surface area contributed by atoms with Gasteiger partial charge in [0.2, 0.25) is 5.91 Å². The molecule has 7 nitrogen and oxygen atoms in total. The number of carbonyl (C=O) groups excluding carboxylic acids is 3. The minimum Gasteiger partial charge on any atom is -0.449 e. The third-order valence-corrected chi connectivity index (χ3v) is 4.37. The van der Waals surface area contributed by atoms with E-state index >= 15 is 0 Å². The van der Waals surface area contributed by atoms with Gasteiger partial charge in [0.25, 0.3) is 5.91 Å². The van der Waals surface area contributed by atoms with Crippen LogP contribution in [0.2, 0.25) is 0 Å². The third kappa shape index (κ3) is 5.31. The monoisotopic (exact) mass is 357 g/mol. The zero-order chi connectivity index (χ0) is 19.1. The van der Waals surface area contributed by atoms with Gasteiger partial charge in [0.05, 0.1) is 11.6 Å². The second-order valence-electron chi connectivity index (χ2n) is 6.52. The molecule has 138 valence electrons. The summed E-state index contributed by atoms with van der Waals surface area (Å²) in [6.45, 7) is 5.13. The summed E-state index contributed by atoms with van der Waals surface area (Å²) >= 11 is 0. The number of piperidine rings is 1. The van der Waals surface area contributed by atoms with Gasteiger partial charge in [0, 0.05) is 18.8 Å². The van der Waals surface area contributed by atoms with Crippen LogP contribution >= 0.6 is 0 Å². The van der Waals surface area contributed by atoms with E-state index in [4.69, 9.17) is 10.00 Å². The Kier molecular flexibility index (Phi) is 6.73. The number of nitriles is 1. The van der Waals surface area contributed by atoms with Crippen molar-refractivity contribution < 1.29 is 19.1 Å². The second kappa shape index (κ2) is 8.99. The van der Waals surface area contributed by atoms with Crippen molar-refractivity contribution in [1.82, 2.24) is 4.90 Å². The van der Waals surface area contributed by atoms with E-state index < -0.39 is 18.0 Å². The third-order valence-electron chi connectivity index (χ3n) is 4.37. The van der Waals surface area contributed by atoms with Gasteiger partial charge in [-0.3, -0.25) is 9.59 Å². The van der Waals surface area contributed by atoms with E-state index in [9.17, 15) is 14.4 Å². The van der Waals surface area contributed by atoms with Gasteiger partial charge in [-0.05, 0) is 49.9 Å². The number of hydrogen-bond acceptors (Lipinski definition) is 5. The molecule has 2 rings (SSSR count). The van der Waals surface area contributed by atoms with Crippen LogP contribution in [0.15, 0.2) is 24.3 Å². The van der Waals surface area contributed by atoms with Crippen LogP contribution in [0.4, 0.5) is 5.69 Å². The second-order valence-corrected chi connectivity index (χ2v) is 6.52. The molecule has 1 aliphatic rings. The van der Waals surface area contributed by atoms with Crippen molar-refractivity contribution in [1.29, 1.82) is 5.26 Å². The summed E-state index contributed by atoms with van der Waals surface area (Å²) < 4.78 is 5.28. The molecule has 1 N–H and O–H groups in total. The highest BCUT2D eigenvalue weighted by molar-refractivity contribution is 5.94.